The van der Waals surface area contributed by atoms with Gasteiger partial charge in [0.05, 0.1) is 11.3 Å². The van der Waals surface area contributed by atoms with Gasteiger partial charge in [-0.25, -0.2) is 9.97 Å². The lowest BCUT2D eigenvalue weighted by Gasteiger charge is -2.31. The average Bonchev–Trinajstić information content (AvgIpc) is 2.73. The minimum atomic E-state index is 0. The molecule has 0 saturated carbocycles. The number of aryl methyl sites for hydroxylation is 2. The molecule has 1 saturated heterocycles. The highest BCUT2D eigenvalue weighted by atomic mass is 35.5. The number of halogens is 1. The summed E-state index contributed by atoms with van der Waals surface area (Å²) in [4.78, 5) is 24.5. The van der Waals surface area contributed by atoms with Crippen molar-refractivity contribution in [2.75, 3.05) is 18.4 Å². The number of anilines is 2. The molecule has 1 unspecified atom stereocenters. The number of amides is 1. The highest BCUT2D eigenvalue weighted by molar-refractivity contribution is 6.07. The average molecular weight is 425 g/mol. The van der Waals surface area contributed by atoms with Gasteiger partial charge in [-0.1, -0.05) is 26.0 Å². The number of carbonyl (C=O) groups is 1. The fourth-order valence-corrected chi connectivity index (χ4v) is 4.03. The molecule has 1 aliphatic rings. The van der Waals surface area contributed by atoms with Crippen molar-refractivity contribution in [2.45, 2.75) is 40.0 Å². The van der Waals surface area contributed by atoms with E-state index in [0.29, 0.717) is 17.1 Å². The van der Waals surface area contributed by atoms with Crippen molar-refractivity contribution in [3.63, 3.8) is 0 Å². The molecule has 0 spiro atoms. The molecule has 1 N–H and O–H groups in total. The van der Waals surface area contributed by atoms with E-state index >= 15 is 0 Å². The van der Waals surface area contributed by atoms with Crippen molar-refractivity contribution in [1.29, 1.82) is 0 Å². The summed E-state index contributed by atoms with van der Waals surface area (Å²) >= 11 is 0. The van der Waals surface area contributed by atoms with Crippen LogP contribution in [0.2, 0.25) is 0 Å². The normalized spacial score (nSPS) is 16.2. The van der Waals surface area contributed by atoms with Crippen LogP contribution in [0.15, 0.2) is 42.6 Å². The number of piperidine rings is 1. The number of nitrogens with one attached hydrogen (secondary N) is 1. The van der Waals surface area contributed by atoms with Gasteiger partial charge in [0.15, 0.2) is 5.65 Å². The van der Waals surface area contributed by atoms with Crippen LogP contribution in [-0.2, 0) is 6.42 Å². The summed E-state index contributed by atoms with van der Waals surface area (Å²) in [7, 11) is 0. The topological polar surface area (TPSA) is 58.1 Å². The standard InChI is InChI=1S/C24H28N4O.ClH/c1-4-18-8-5-9-19(13-18)27-22-20-11-10-17(3)26-23(20)25-14-21(22)24(29)28-12-6-7-16(2)15-28;/h5,8-11,13-14,16H,4,6-7,12,15H2,1-3H3,(H,25,26,27);1H. The summed E-state index contributed by atoms with van der Waals surface area (Å²) in [6, 6.07) is 12.3. The van der Waals surface area contributed by atoms with Crippen molar-refractivity contribution in [3.8, 4) is 0 Å². The third-order valence-corrected chi connectivity index (χ3v) is 5.65. The summed E-state index contributed by atoms with van der Waals surface area (Å²) in [6.45, 7) is 7.90. The molecule has 6 heteroatoms. The van der Waals surface area contributed by atoms with E-state index in [1.807, 2.05) is 36.1 Å². The quantitative estimate of drug-likeness (QED) is 0.597. The van der Waals surface area contributed by atoms with E-state index in [2.05, 4.69) is 41.3 Å². The van der Waals surface area contributed by atoms with Crippen LogP contribution in [-0.4, -0.2) is 33.9 Å². The van der Waals surface area contributed by atoms with E-state index in [9.17, 15) is 4.79 Å². The lowest BCUT2D eigenvalue weighted by Crippen LogP contribution is -2.39. The number of carbonyl (C=O) groups excluding carboxylic acids is 1. The van der Waals surface area contributed by atoms with Crippen molar-refractivity contribution in [3.05, 3.63) is 59.4 Å². The smallest absolute Gasteiger partial charge is 0.257 e. The summed E-state index contributed by atoms with van der Waals surface area (Å²) in [5.41, 5.74) is 5.19. The van der Waals surface area contributed by atoms with Crippen LogP contribution in [0.25, 0.3) is 11.0 Å². The molecule has 1 fully saturated rings. The van der Waals surface area contributed by atoms with E-state index in [1.54, 1.807) is 6.20 Å². The fourth-order valence-electron chi connectivity index (χ4n) is 4.03. The van der Waals surface area contributed by atoms with Gasteiger partial charge >= 0.3 is 0 Å². The molecule has 3 aromatic rings. The monoisotopic (exact) mass is 424 g/mol. The Kier molecular flexibility index (Phi) is 6.93. The first-order chi connectivity index (χ1) is 14.0. The van der Waals surface area contributed by atoms with Gasteiger partial charge in [-0.2, -0.15) is 0 Å². The predicted octanol–water partition coefficient (Wildman–Crippen LogP) is 5.54. The van der Waals surface area contributed by atoms with Crippen molar-refractivity contribution < 1.29 is 4.79 Å². The largest absolute Gasteiger partial charge is 0.354 e. The van der Waals surface area contributed by atoms with Gasteiger partial charge < -0.3 is 10.2 Å². The second kappa shape index (κ2) is 9.43. The second-order valence-corrected chi connectivity index (χ2v) is 8.05. The molecule has 5 nitrogen and oxygen atoms in total. The minimum absolute atomic E-state index is 0. The second-order valence-electron chi connectivity index (χ2n) is 8.05. The molecular formula is C24H29ClN4O. The molecule has 1 aliphatic heterocycles. The van der Waals surface area contributed by atoms with Crippen molar-refractivity contribution in [1.82, 2.24) is 14.9 Å². The number of benzene rings is 1. The zero-order chi connectivity index (χ0) is 20.4. The molecule has 1 amide bonds. The molecule has 4 rings (SSSR count). The predicted molar refractivity (Wildman–Crippen MR) is 125 cm³/mol. The lowest BCUT2D eigenvalue weighted by atomic mass is 9.99. The Morgan fingerprint density at radius 2 is 2.10 bits per heavy atom. The van der Waals surface area contributed by atoms with Crippen LogP contribution in [0.4, 0.5) is 11.4 Å². The molecule has 1 aromatic carbocycles. The number of rotatable bonds is 4. The molecule has 1 atom stereocenters. The Bertz CT molecular complexity index is 1050. The maximum Gasteiger partial charge on any atom is 0.257 e. The molecule has 0 aliphatic carbocycles. The summed E-state index contributed by atoms with van der Waals surface area (Å²) < 4.78 is 0. The molecule has 3 heterocycles. The fraction of sp³-hybridized carbons (Fsp3) is 0.375. The first-order valence-corrected chi connectivity index (χ1v) is 10.5. The van der Waals surface area contributed by atoms with Crippen LogP contribution in [0.1, 0.15) is 48.3 Å². The Morgan fingerprint density at radius 1 is 1.27 bits per heavy atom. The Hall–Kier alpha value is -2.66. The third-order valence-electron chi connectivity index (χ3n) is 5.65. The number of hydrogen-bond donors (Lipinski definition) is 1. The first-order valence-electron chi connectivity index (χ1n) is 10.5. The van der Waals surface area contributed by atoms with E-state index in [0.717, 1.165) is 48.4 Å². The maximum absolute atomic E-state index is 13.4. The number of fused-ring (bicyclic) bond motifs is 1. The molecular weight excluding hydrogens is 396 g/mol. The Balaban J connectivity index is 0.00000256. The molecule has 0 radical (unpaired) electrons. The van der Waals surface area contributed by atoms with Crippen LogP contribution in [0.3, 0.4) is 0 Å². The number of pyridine rings is 2. The zero-order valence-corrected chi connectivity index (χ0v) is 18.6. The lowest BCUT2D eigenvalue weighted by molar-refractivity contribution is 0.0684. The van der Waals surface area contributed by atoms with Crippen LogP contribution in [0.5, 0.6) is 0 Å². The van der Waals surface area contributed by atoms with Crippen LogP contribution >= 0.6 is 12.4 Å². The number of likely N-dealkylation sites (tertiary alicyclic amines) is 1. The summed E-state index contributed by atoms with van der Waals surface area (Å²) in [5.74, 6) is 0.573. The number of nitrogens with zero attached hydrogens (tertiary/aromatic N) is 3. The van der Waals surface area contributed by atoms with Crippen LogP contribution in [0, 0.1) is 12.8 Å². The summed E-state index contributed by atoms with van der Waals surface area (Å²) in [6.07, 6.45) is 4.88. The van der Waals surface area contributed by atoms with E-state index in [1.165, 1.54) is 12.0 Å². The van der Waals surface area contributed by atoms with Gasteiger partial charge in [0, 0.05) is 36.1 Å². The van der Waals surface area contributed by atoms with Gasteiger partial charge in [0.2, 0.25) is 0 Å². The Labute approximate surface area is 184 Å². The van der Waals surface area contributed by atoms with Crippen molar-refractivity contribution in [2.24, 2.45) is 5.92 Å². The van der Waals surface area contributed by atoms with E-state index in [-0.39, 0.29) is 18.3 Å². The molecule has 30 heavy (non-hydrogen) atoms. The summed E-state index contributed by atoms with van der Waals surface area (Å²) in [5, 5.41) is 4.38. The highest BCUT2D eigenvalue weighted by Crippen LogP contribution is 2.31. The maximum atomic E-state index is 13.4. The van der Waals surface area contributed by atoms with Crippen LogP contribution < -0.4 is 5.32 Å². The van der Waals surface area contributed by atoms with Gasteiger partial charge in [-0.15, -0.1) is 12.4 Å². The van der Waals surface area contributed by atoms with Gasteiger partial charge in [0.1, 0.15) is 0 Å². The SMILES string of the molecule is CCc1cccc(Nc2c(C(=O)N3CCCC(C)C3)cnc3nc(C)ccc23)c1.Cl. The minimum Gasteiger partial charge on any atom is -0.354 e. The number of aromatic nitrogens is 2. The van der Waals surface area contributed by atoms with Gasteiger partial charge in [-0.05, 0) is 61.9 Å². The van der Waals surface area contributed by atoms with E-state index < -0.39 is 0 Å². The third kappa shape index (κ3) is 4.57. The molecule has 2 aromatic heterocycles. The van der Waals surface area contributed by atoms with Crippen molar-refractivity contribution >= 4 is 40.7 Å². The highest BCUT2D eigenvalue weighted by Gasteiger charge is 2.25. The molecule has 0 bridgehead atoms. The zero-order valence-electron chi connectivity index (χ0n) is 17.8. The first kappa shape index (κ1) is 22.0. The van der Waals surface area contributed by atoms with Gasteiger partial charge in [-0.3, -0.25) is 4.79 Å². The molecule has 158 valence electrons. The van der Waals surface area contributed by atoms with Gasteiger partial charge in [0.25, 0.3) is 5.91 Å². The number of hydrogen-bond acceptors (Lipinski definition) is 4. The van der Waals surface area contributed by atoms with E-state index in [4.69, 9.17) is 0 Å². The Morgan fingerprint density at radius 3 is 2.87 bits per heavy atom.